The Kier molecular flexibility index (Phi) is 3.90. The molecule has 0 bridgehead atoms. The van der Waals surface area contributed by atoms with Crippen molar-refractivity contribution in [1.29, 1.82) is 0 Å². The quantitative estimate of drug-likeness (QED) is 0.855. The summed E-state index contributed by atoms with van der Waals surface area (Å²) in [6.45, 7) is 4.69. The predicted molar refractivity (Wildman–Crippen MR) is 82.6 cm³/mol. The maximum Gasteiger partial charge on any atom is 0.171 e. The van der Waals surface area contributed by atoms with Crippen molar-refractivity contribution in [1.82, 2.24) is 14.8 Å². The van der Waals surface area contributed by atoms with Crippen LogP contribution in [0.25, 0.3) is 0 Å². The lowest BCUT2D eigenvalue weighted by atomic mass is 10.1. The minimum Gasteiger partial charge on any atom is -0.485 e. The molecule has 2 aromatic rings. The Morgan fingerprint density at radius 2 is 2.05 bits per heavy atom. The SMILES string of the molecule is Cc1ccc(C)c(OCc2nnc3n2CCS(=O)(=O)CC3)c1. The summed E-state index contributed by atoms with van der Waals surface area (Å²) < 4.78 is 31.2. The number of benzene rings is 1. The van der Waals surface area contributed by atoms with Crippen LogP contribution in [0.4, 0.5) is 0 Å². The summed E-state index contributed by atoms with van der Waals surface area (Å²) in [6.07, 6.45) is 0.415. The van der Waals surface area contributed by atoms with Crippen LogP contribution >= 0.6 is 0 Å². The van der Waals surface area contributed by atoms with Crippen molar-refractivity contribution in [3.8, 4) is 5.75 Å². The number of sulfone groups is 1. The van der Waals surface area contributed by atoms with E-state index in [1.54, 1.807) is 0 Å². The van der Waals surface area contributed by atoms with Gasteiger partial charge in [0.25, 0.3) is 0 Å². The van der Waals surface area contributed by atoms with Gasteiger partial charge in [0, 0.05) is 13.0 Å². The Balaban J connectivity index is 1.78. The van der Waals surface area contributed by atoms with E-state index in [0.29, 0.717) is 18.8 Å². The van der Waals surface area contributed by atoms with E-state index in [-0.39, 0.29) is 18.1 Å². The van der Waals surface area contributed by atoms with E-state index in [1.807, 2.05) is 36.6 Å². The normalized spacial score (nSPS) is 16.8. The van der Waals surface area contributed by atoms with Crippen molar-refractivity contribution in [3.05, 3.63) is 41.0 Å². The summed E-state index contributed by atoms with van der Waals surface area (Å²) in [5.41, 5.74) is 2.19. The maximum atomic E-state index is 11.7. The molecule has 0 fully saturated rings. The Morgan fingerprint density at radius 3 is 2.86 bits per heavy atom. The Bertz CT molecular complexity index is 796. The Labute approximate surface area is 130 Å². The standard InChI is InChI=1S/C15H19N3O3S/c1-11-3-4-12(2)13(9-11)21-10-15-17-16-14-5-7-22(19,20)8-6-18(14)15/h3-4,9H,5-8,10H2,1-2H3. The third-order valence-electron chi connectivity index (χ3n) is 3.87. The number of aryl methyl sites for hydroxylation is 3. The van der Waals surface area contributed by atoms with E-state index in [9.17, 15) is 8.42 Å². The molecule has 1 aliphatic rings. The van der Waals surface area contributed by atoms with Crippen LogP contribution in [0.15, 0.2) is 18.2 Å². The minimum absolute atomic E-state index is 0.133. The second kappa shape index (κ2) is 5.72. The van der Waals surface area contributed by atoms with Gasteiger partial charge in [-0.05, 0) is 31.0 Å². The number of hydrogen-bond donors (Lipinski definition) is 0. The van der Waals surface area contributed by atoms with Gasteiger partial charge in [-0.25, -0.2) is 8.42 Å². The van der Waals surface area contributed by atoms with Gasteiger partial charge in [0.15, 0.2) is 15.7 Å². The van der Waals surface area contributed by atoms with E-state index < -0.39 is 9.84 Å². The van der Waals surface area contributed by atoms with Crippen molar-refractivity contribution < 1.29 is 13.2 Å². The summed E-state index contributed by atoms with van der Waals surface area (Å²) in [4.78, 5) is 0. The molecule has 1 aromatic heterocycles. The van der Waals surface area contributed by atoms with Crippen LogP contribution in [0.3, 0.4) is 0 Å². The van der Waals surface area contributed by atoms with Gasteiger partial charge >= 0.3 is 0 Å². The Morgan fingerprint density at radius 1 is 1.23 bits per heavy atom. The van der Waals surface area contributed by atoms with Crippen LogP contribution in [0.5, 0.6) is 5.75 Å². The predicted octanol–water partition coefficient (Wildman–Crippen LogP) is 1.44. The fraction of sp³-hybridized carbons (Fsp3) is 0.467. The highest BCUT2D eigenvalue weighted by Gasteiger charge is 2.22. The molecule has 0 radical (unpaired) electrons. The molecule has 0 N–H and O–H groups in total. The molecule has 0 spiro atoms. The molecular weight excluding hydrogens is 302 g/mol. The molecule has 6 nitrogen and oxygen atoms in total. The molecule has 1 aromatic carbocycles. The summed E-state index contributed by atoms with van der Waals surface area (Å²) in [7, 11) is -2.98. The van der Waals surface area contributed by atoms with Gasteiger partial charge in [0.2, 0.25) is 0 Å². The van der Waals surface area contributed by atoms with Crippen LogP contribution < -0.4 is 4.74 Å². The van der Waals surface area contributed by atoms with Gasteiger partial charge in [-0.2, -0.15) is 0 Å². The lowest BCUT2D eigenvalue weighted by Gasteiger charge is -2.11. The average molecular weight is 321 g/mol. The molecule has 0 atom stereocenters. The average Bonchev–Trinajstić information content (AvgIpc) is 2.79. The second-order valence-electron chi connectivity index (χ2n) is 5.64. The Hall–Kier alpha value is -1.89. The van der Waals surface area contributed by atoms with Crippen LogP contribution in [0.1, 0.15) is 22.8 Å². The summed E-state index contributed by atoms with van der Waals surface area (Å²) >= 11 is 0. The molecule has 3 rings (SSSR count). The van der Waals surface area contributed by atoms with Gasteiger partial charge < -0.3 is 9.30 Å². The smallest absolute Gasteiger partial charge is 0.171 e. The second-order valence-corrected chi connectivity index (χ2v) is 7.95. The number of ether oxygens (including phenoxy) is 1. The molecular formula is C15H19N3O3S. The minimum atomic E-state index is -2.98. The largest absolute Gasteiger partial charge is 0.485 e. The number of fused-ring (bicyclic) bond motifs is 1. The molecule has 2 heterocycles. The first-order chi connectivity index (χ1) is 10.4. The van der Waals surface area contributed by atoms with E-state index >= 15 is 0 Å². The molecule has 0 saturated carbocycles. The molecule has 0 amide bonds. The molecule has 118 valence electrons. The summed E-state index contributed by atoms with van der Waals surface area (Å²) in [5, 5.41) is 8.25. The highest BCUT2D eigenvalue weighted by molar-refractivity contribution is 7.91. The summed E-state index contributed by atoms with van der Waals surface area (Å²) in [6, 6.07) is 6.04. The van der Waals surface area contributed by atoms with Gasteiger partial charge in [-0.15, -0.1) is 10.2 Å². The van der Waals surface area contributed by atoms with E-state index in [2.05, 4.69) is 10.2 Å². The lowest BCUT2D eigenvalue weighted by molar-refractivity contribution is 0.287. The monoisotopic (exact) mass is 321 g/mol. The topological polar surface area (TPSA) is 74.1 Å². The molecule has 0 unspecified atom stereocenters. The van der Waals surface area contributed by atoms with Crippen molar-refractivity contribution >= 4 is 9.84 Å². The molecule has 1 aliphatic heterocycles. The van der Waals surface area contributed by atoms with Gasteiger partial charge in [-0.3, -0.25) is 0 Å². The number of nitrogens with zero attached hydrogens (tertiary/aromatic N) is 3. The zero-order chi connectivity index (χ0) is 15.7. The van der Waals surface area contributed by atoms with Crippen molar-refractivity contribution in [2.75, 3.05) is 11.5 Å². The summed E-state index contributed by atoms with van der Waals surface area (Å²) in [5.74, 6) is 2.49. The molecule has 0 aliphatic carbocycles. The zero-order valence-corrected chi connectivity index (χ0v) is 13.6. The van der Waals surface area contributed by atoms with Crippen molar-refractivity contribution in [2.24, 2.45) is 0 Å². The van der Waals surface area contributed by atoms with Gasteiger partial charge in [0.1, 0.15) is 18.2 Å². The van der Waals surface area contributed by atoms with Crippen LogP contribution in [0.2, 0.25) is 0 Å². The van der Waals surface area contributed by atoms with Gasteiger partial charge in [-0.1, -0.05) is 12.1 Å². The van der Waals surface area contributed by atoms with Crippen molar-refractivity contribution in [2.45, 2.75) is 33.4 Å². The first-order valence-corrected chi connectivity index (χ1v) is 9.08. The van der Waals surface area contributed by atoms with Crippen LogP contribution in [-0.2, 0) is 29.4 Å². The lowest BCUT2D eigenvalue weighted by Crippen LogP contribution is -2.14. The number of rotatable bonds is 3. The van der Waals surface area contributed by atoms with Crippen LogP contribution in [-0.4, -0.2) is 34.7 Å². The molecule has 22 heavy (non-hydrogen) atoms. The van der Waals surface area contributed by atoms with E-state index in [4.69, 9.17) is 4.74 Å². The molecule has 7 heteroatoms. The third-order valence-corrected chi connectivity index (χ3v) is 5.50. The zero-order valence-electron chi connectivity index (χ0n) is 12.7. The highest BCUT2D eigenvalue weighted by atomic mass is 32.2. The molecule has 0 saturated heterocycles. The third kappa shape index (κ3) is 3.14. The van der Waals surface area contributed by atoms with Crippen molar-refractivity contribution in [3.63, 3.8) is 0 Å². The van der Waals surface area contributed by atoms with Crippen LogP contribution in [0, 0.1) is 13.8 Å². The fourth-order valence-corrected chi connectivity index (χ4v) is 3.67. The highest BCUT2D eigenvalue weighted by Crippen LogP contribution is 2.20. The van der Waals surface area contributed by atoms with E-state index in [0.717, 1.165) is 22.7 Å². The van der Waals surface area contributed by atoms with E-state index in [1.165, 1.54) is 0 Å². The first-order valence-electron chi connectivity index (χ1n) is 7.26. The number of hydrogen-bond acceptors (Lipinski definition) is 5. The number of aromatic nitrogens is 3. The first kappa shape index (κ1) is 15.0. The fourth-order valence-electron chi connectivity index (χ4n) is 2.51. The van der Waals surface area contributed by atoms with Gasteiger partial charge in [0.05, 0.1) is 11.5 Å². The maximum absolute atomic E-state index is 11.7.